The highest BCUT2D eigenvalue weighted by Crippen LogP contribution is 2.05. The number of rotatable bonds is 3. The zero-order valence-corrected chi connectivity index (χ0v) is 9.21. The van der Waals surface area contributed by atoms with E-state index in [4.69, 9.17) is 4.74 Å². The van der Waals surface area contributed by atoms with E-state index in [9.17, 15) is 9.59 Å². The van der Waals surface area contributed by atoms with Gasteiger partial charge in [-0.15, -0.1) is 0 Å². The molecule has 0 aromatic heterocycles. The topological polar surface area (TPSA) is 64.6 Å². The van der Waals surface area contributed by atoms with Crippen molar-refractivity contribution in [2.45, 2.75) is 39.3 Å². The fourth-order valence-electron chi connectivity index (χ4n) is 0.805. The van der Waals surface area contributed by atoms with Crippen molar-refractivity contribution in [3.8, 4) is 0 Å². The van der Waals surface area contributed by atoms with Crippen LogP contribution in [0, 0.1) is 0 Å². The molecule has 0 aliphatic carbocycles. The van der Waals surface area contributed by atoms with Crippen molar-refractivity contribution in [2.24, 2.45) is 0 Å². The number of alkyl carbamates (subject to hydrolysis) is 1. The molecule has 14 heavy (non-hydrogen) atoms. The summed E-state index contributed by atoms with van der Waals surface area (Å²) in [4.78, 5) is 22.3. The molecular weight excluding hydrogens is 186 g/mol. The van der Waals surface area contributed by atoms with Crippen LogP contribution in [-0.4, -0.2) is 30.8 Å². The van der Waals surface area contributed by atoms with Crippen LogP contribution in [0.3, 0.4) is 0 Å². The quantitative estimate of drug-likeness (QED) is 0.697. The number of esters is 1. The second kappa shape index (κ2) is 4.83. The first-order chi connectivity index (χ1) is 6.29. The first-order valence-electron chi connectivity index (χ1n) is 4.37. The van der Waals surface area contributed by atoms with Crippen molar-refractivity contribution in [3.05, 3.63) is 0 Å². The van der Waals surface area contributed by atoms with Gasteiger partial charge in [-0.3, -0.25) is 0 Å². The number of methoxy groups -OCH3 is 1. The Balaban J connectivity index is 4.22. The van der Waals surface area contributed by atoms with Crippen molar-refractivity contribution >= 4 is 12.1 Å². The molecule has 5 heteroatoms. The summed E-state index contributed by atoms with van der Waals surface area (Å²) in [5.41, 5.74) is -1.07. The molecule has 5 nitrogen and oxygen atoms in total. The molecule has 0 unspecified atom stereocenters. The first-order valence-corrected chi connectivity index (χ1v) is 4.37. The van der Waals surface area contributed by atoms with E-state index in [-0.39, 0.29) is 6.10 Å². The zero-order valence-electron chi connectivity index (χ0n) is 9.21. The lowest BCUT2D eigenvalue weighted by Gasteiger charge is -2.23. The van der Waals surface area contributed by atoms with Gasteiger partial charge in [-0.25, -0.2) is 9.59 Å². The molecule has 0 rings (SSSR count). The Labute approximate surface area is 83.8 Å². The van der Waals surface area contributed by atoms with E-state index >= 15 is 0 Å². The third-order valence-corrected chi connectivity index (χ3v) is 1.45. The molecule has 0 aromatic rings. The van der Waals surface area contributed by atoms with Crippen LogP contribution < -0.4 is 5.32 Å². The van der Waals surface area contributed by atoms with E-state index in [0.29, 0.717) is 0 Å². The lowest BCUT2D eigenvalue weighted by molar-refractivity contribution is -0.146. The van der Waals surface area contributed by atoms with Gasteiger partial charge < -0.3 is 14.8 Å². The molecule has 0 saturated carbocycles. The molecule has 0 radical (unpaired) electrons. The maximum atomic E-state index is 11.2. The SMILES string of the molecule is COC(=O)C(C)(C)NC(=O)OC(C)C. The highest BCUT2D eigenvalue weighted by Gasteiger charge is 2.31. The summed E-state index contributed by atoms with van der Waals surface area (Å²) < 4.78 is 9.33. The van der Waals surface area contributed by atoms with Crippen molar-refractivity contribution in [3.63, 3.8) is 0 Å². The Morgan fingerprint density at radius 1 is 1.29 bits per heavy atom. The lowest BCUT2D eigenvalue weighted by atomic mass is 10.1. The number of ether oxygens (including phenoxy) is 2. The number of amides is 1. The fourth-order valence-corrected chi connectivity index (χ4v) is 0.805. The van der Waals surface area contributed by atoms with Crippen LogP contribution in [0.15, 0.2) is 0 Å². The summed E-state index contributed by atoms with van der Waals surface area (Å²) in [6, 6.07) is 0. The van der Waals surface area contributed by atoms with E-state index in [1.54, 1.807) is 27.7 Å². The predicted molar refractivity (Wildman–Crippen MR) is 50.8 cm³/mol. The number of hydrogen-bond acceptors (Lipinski definition) is 4. The summed E-state index contributed by atoms with van der Waals surface area (Å²) in [5, 5.41) is 2.40. The average molecular weight is 203 g/mol. The van der Waals surface area contributed by atoms with E-state index in [2.05, 4.69) is 10.1 Å². The van der Waals surface area contributed by atoms with Crippen LogP contribution in [-0.2, 0) is 14.3 Å². The second-order valence-electron chi connectivity index (χ2n) is 3.70. The van der Waals surface area contributed by atoms with Gasteiger partial charge in [0.1, 0.15) is 5.54 Å². The zero-order chi connectivity index (χ0) is 11.4. The molecule has 0 bridgehead atoms. The highest BCUT2D eigenvalue weighted by atomic mass is 16.6. The number of nitrogens with one attached hydrogen (secondary N) is 1. The van der Waals surface area contributed by atoms with Crippen molar-refractivity contribution in [2.75, 3.05) is 7.11 Å². The van der Waals surface area contributed by atoms with Gasteiger partial charge in [-0.1, -0.05) is 0 Å². The number of carbonyl (C=O) groups is 2. The normalized spacial score (nSPS) is 11.0. The van der Waals surface area contributed by atoms with Crippen molar-refractivity contribution in [1.29, 1.82) is 0 Å². The van der Waals surface area contributed by atoms with Gasteiger partial charge in [0.2, 0.25) is 0 Å². The fraction of sp³-hybridized carbons (Fsp3) is 0.778. The maximum Gasteiger partial charge on any atom is 0.408 e. The van der Waals surface area contributed by atoms with Crippen molar-refractivity contribution in [1.82, 2.24) is 5.32 Å². The van der Waals surface area contributed by atoms with Gasteiger partial charge >= 0.3 is 12.1 Å². The minimum absolute atomic E-state index is 0.219. The molecule has 0 fully saturated rings. The second-order valence-corrected chi connectivity index (χ2v) is 3.70. The van der Waals surface area contributed by atoms with Gasteiger partial charge in [-0.05, 0) is 27.7 Å². The Kier molecular flexibility index (Phi) is 4.40. The van der Waals surface area contributed by atoms with E-state index in [1.165, 1.54) is 7.11 Å². The molecule has 1 N–H and O–H groups in total. The van der Waals surface area contributed by atoms with Gasteiger partial charge in [0.15, 0.2) is 0 Å². The lowest BCUT2D eigenvalue weighted by Crippen LogP contribution is -2.50. The van der Waals surface area contributed by atoms with Crippen LogP contribution in [0.1, 0.15) is 27.7 Å². The van der Waals surface area contributed by atoms with Crippen LogP contribution in [0.2, 0.25) is 0 Å². The third-order valence-electron chi connectivity index (χ3n) is 1.45. The van der Waals surface area contributed by atoms with Gasteiger partial charge in [-0.2, -0.15) is 0 Å². The van der Waals surface area contributed by atoms with Crippen LogP contribution in [0.25, 0.3) is 0 Å². The molecule has 82 valence electrons. The van der Waals surface area contributed by atoms with Crippen LogP contribution in [0.4, 0.5) is 4.79 Å². The molecule has 0 aliphatic heterocycles. The largest absolute Gasteiger partial charge is 0.467 e. The predicted octanol–water partition coefficient (Wildman–Crippen LogP) is 1.07. The molecule has 0 aliphatic rings. The highest BCUT2D eigenvalue weighted by molar-refractivity contribution is 5.84. The summed E-state index contributed by atoms with van der Waals surface area (Å²) in [5.74, 6) is -0.516. The summed E-state index contributed by atoms with van der Waals surface area (Å²) in [6.45, 7) is 6.54. The number of hydrogen-bond donors (Lipinski definition) is 1. The van der Waals surface area contributed by atoms with Gasteiger partial charge in [0.25, 0.3) is 0 Å². The minimum Gasteiger partial charge on any atom is -0.467 e. The van der Waals surface area contributed by atoms with Crippen LogP contribution in [0.5, 0.6) is 0 Å². The summed E-state index contributed by atoms with van der Waals surface area (Å²) in [7, 11) is 1.26. The average Bonchev–Trinajstić information content (AvgIpc) is 1.99. The molecular formula is C9H17NO4. The summed E-state index contributed by atoms with van der Waals surface area (Å²) in [6.07, 6.45) is -0.848. The monoisotopic (exact) mass is 203 g/mol. The Morgan fingerprint density at radius 3 is 2.14 bits per heavy atom. The number of carbonyl (C=O) groups excluding carboxylic acids is 2. The Morgan fingerprint density at radius 2 is 1.79 bits per heavy atom. The summed E-state index contributed by atoms with van der Waals surface area (Å²) >= 11 is 0. The molecule has 0 spiro atoms. The Hall–Kier alpha value is -1.26. The molecule has 1 amide bonds. The molecule has 0 heterocycles. The van der Waals surface area contributed by atoms with E-state index < -0.39 is 17.6 Å². The third kappa shape index (κ3) is 4.11. The van der Waals surface area contributed by atoms with Crippen molar-refractivity contribution < 1.29 is 19.1 Å². The van der Waals surface area contributed by atoms with Crippen LogP contribution >= 0.6 is 0 Å². The molecule has 0 aromatic carbocycles. The van der Waals surface area contributed by atoms with Gasteiger partial charge in [0.05, 0.1) is 13.2 Å². The van der Waals surface area contributed by atoms with Gasteiger partial charge in [0, 0.05) is 0 Å². The minimum atomic E-state index is -1.07. The smallest absolute Gasteiger partial charge is 0.408 e. The first kappa shape index (κ1) is 12.7. The standard InChI is InChI=1S/C9H17NO4/c1-6(2)14-8(12)10-9(3,4)7(11)13-5/h6H,1-5H3,(H,10,12). The van der Waals surface area contributed by atoms with E-state index in [0.717, 1.165) is 0 Å². The molecule has 0 saturated heterocycles. The van der Waals surface area contributed by atoms with E-state index in [1.807, 2.05) is 0 Å². The molecule has 0 atom stereocenters. The maximum absolute atomic E-state index is 11.2. The Bertz CT molecular complexity index is 223.